The summed E-state index contributed by atoms with van der Waals surface area (Å²) < 4.78 is 21.9. The first-order valence-corrected chi connectivity index (χ1v) is 13.4. The van der Waals surface area contributed by atoms with Crippen LogP contribution in [0.4, 0.5) is 4.79 Å². The molecule has 1 amide bonds. The van der Waals surface area contributed by atoms with E-state index in [2.05, 4.69) is 18.7 Å². The Morgan fingerprint density at radius 2 is 1.66 bits per heavy atom. The van der Waals surface area contributed by atoms with Crippen LogP contribution in [0.5, 0.6) is 17.2 Å². The Morgan fingerprint density at radius 1 is 1.00 bits per heavy atom. The number of benzene rings is 2. The maximum absolute atomic E-state index is 13.6. The summed E-state index contributed by atoms with van der Waals surface area (Å²) in [6, 6.07) is 12.7. The summed E-state index contributed by atoms with van der Waals surface area (Å²) in [6.45, 7) is 6.45. The molecule has 9 nitrogen and oxygen atoms in total. The molecule has 0 radical (unpaired) electrons. The minimum absolute atomic E-state index is 0.0471. The number of rotatable bonds is 12. The van der Waals surface area contributed by atoms with Gasteiger partial charge in [-0.05, 0) is 48.2 Å². The fourth-order valence-corrected chi connectivity index (χ4v) is 5.30. The van der Waals surface area contributed by atoms with E-state index in [4.69, 9.17) is 18.9 Å². The lowest BCUT2D eigenvalue weighted by Crippen LogP contribution is -2.42. The van der Waals surface area contributed by atoms with Crippen LogP contribution in [0.2, 0.25) is 0 Å². The third-order valence-corrected chi connectivity index (χ3v) is 7.31. The zero-order valence-electron chi connectivity index (χ0n) is 22.4. The Hall–Kier alpha value is -3.46. The van der Waals surface area contributed by atoms with Crippen LogP contribution in [0, 0.1) is 0 Å². The third-order valence-electron chi connectivity index (χ3n) is 7.31. The van der Waals surface area contributed by atoms with Gasteiger partial charge in [-0.25, -0.2) is 4.79 Å². The highest BCUT2D eigenvalue weighted by atomic mass is 16.7. The van der Waals surface area contributed by atoms with Crippen molar-refractivity contribution in [1.29, 1.82) is 0 Å². The Labute approximate surface area is 224 Å². The number of methoxy groups -OCH3 is 1. The number of unbranched alkanes of at least 4 members (excludes halogenated alkanes) is 2. The number of carbonyl (C=O) groups excluding carboxylic acids is 1. The second-order valence-electron chi connectivity index (χ2n) is 9.80. The van der Waals surface area contributed by atoms with Gasteiger partial charge in [0.25, 0.3) is 0 Å². The molecule has 3 atom stereocenters. The van der Waals surface area contributed by atoms with Gasteiger partial charge in [-0.1, -0.05) is 44.9 Å². The van der Waals surface area contributed by atoms with Crippen molar-refractivity contribution in [3.8, 4) is 17.2 Å². The van der Waals surface area contributed by atoms with Crippen LogP contribution in [0.15, 0.2) is 42.5 Å². The highest BCUT2D eigenvalue weighted by molar-refractivity contribution is 5.78. The summed E-state index contributed by atoms with van der Waals surface area (Å²) in [5.41, 5.74) is 1.74. The molecule has 0 aromatic heterocycles. The first-order valence-electron chi connectivity index (χ1n) is 13.4. The van der Waals surface area contributed by atoms with E-state index in [0.29, 0.717) is 23.8 Å². The molecule has 0 bridgehead atoms. The van der Waals surface area contributed by atoms with Crippen LogP contribution in [0.3, 0.4) is 0 Å². The molecule has 1 saturated heterocycles. The van der Waals surface area contributed by atoms with Crippen LogP contribution >= 0.6 is 0 Å². The molecule has 206 valence electrons. The van der Waals surface area contributed by atoms with Gasteiger partial charge < -0.3 is 29.0 Å². The Balaban J connectivity index is 1.68. The molecule has 0 aliphatic carbocycles. The van der Waals surface area contributed by atoms with Crippen LogP contribution in [0.25, 0.3) is 0 Å². The lowest BCUT2D eigenvalue weighted by Gasteiger charge is -2.30. The first kappa shape index (κ1) is 27.6. The normalized spacial score (nSPS) is 20.3. The molecular formula is C29H38N2O7. The highest BCUT2D eigenvalue weighted by Gasteiger charge is 2.47. The molecule has 2 heterocycles. The predicted molar refractivity (Wildman–Crippen MR) is 142 cm³/mol. The number of carboxylic acid groups (broad SMARTS) is 1. The number of carbonyl (C=O) groups is 2. The minimum atomic E-state index is -1.35. The molecule has 4 rings (SSSR count). The van der Waals surface area contributed by atoms with E-state index in [1.807, 2.05) is 47.4 Å². The van der Waals surface area contributed by atoms with E-state index in [1.54, 1.807) is 7.11 Å². The predicted octanol–water partition coefficient (Wildman–Crippen LogP) is 5.06. The average Bonchev–Trinajstić information content (AvgIpc) is 3.52. The molecule has 2 aliphatic heterocycles. The number of hydrogen-bond donors (Lipinski definition) is 1. The largest absolute Gasteiger partial charge is 0.506 e. The fourth-order valence-electron chi connectivity index (χ4n) is 5.30. The van der Waals surface area contributed by atoms with Gasteiger partial charge in [-0.15, -0.1) is 0 Å². The summed E-state index contributed by atoms with van der Waals surface area (Å²) in [6.07, 6.45) is 1.83. The summed E-state index contributed by atoms with van der Waals surface area (Å²) in [4.78, 5) is 29.5. The summed E-state index contributed by atoms with van der Waals surface area (Å²) >= 11 is 0. The van der Waals surface area contributed by atoms with E-state index < -0.39 is 18.3 Å². The van der Waals surface area contributed by atoms with E-state index in [-0.39, 0.29) is 25.2 Å². The number of hydrogen-bond acceptors (Lipinski definition) is 7. The molecule has 0 spiro atoms. The summed E-state index contributed by atoms with van der Waals surface area (Å²) in [7, 11) is 1.60. The summed E-state index contributed by atoms with van der Waals surface area (Å²) in [5.74, 6) is 1.72. The molecule has 38 heavy (non-hydrogen) atoms. The van der Waals surface area contributed by atoms with Gasteiger partial charge in [0.1, 0.15) is 11.9 Å². The SMILES string of the molecule is CCCCN(CCCC)C(=O)CN1CC(c2ccc3c(c2)OCO3)[C@H](OC(=O)O)[C@H]1c1ccc(OC)cc1. The highest BCUT2D eigenvalue weighted by Crippen LogP contribution is 2.45. The van der Waals surface area contributed by atoms with Crippen molar-refractivity contribution >= 4 is 12.1 Å². The third kappa shape index (κ3) is 6.32. The van der Waals surface area contributed by atoms with E-state index >= 15 is 0 Å². The van der Waals surface area contributed by atoms with Gasteiger partial charge in [-0.3, -0.25) is 9.69 Å². The molecule has 2 aromatic carbocycles. The van der Waals surface area contributed by atoms with Crippen LogP contribution < -0.4 is 14.2 Å². The molecule has 0 saturated carbocycles. The number of ether oxygens (including phenoxy) is 4. The van der Waals surface area contributed by atoms with E-state index in [0.717, 1.165) is 49.9 Å². The van der Waals surface area contributed by atoms with E-state index in [9.17, 15) is 14.7 Å². The van der Waals surface area contributed by atoms with Gasteiger partial charge >= 0.3 is 6.16 Å². The van der Waals surface area contributed by atoms with E-state index in [1.165, 1.54) is 0 Å². The van der Waals surface area contributed by atoms with Gasteiger partial charge in [0.05, 0.1) is 19.7 Å². The number of fused-ring (bicyclic) bond motifs is 1. The Bertz CT molecular complexity index is 1080. The van der Waals surface area contributed by atoms with Crippen molar-refractivity contribution in [2.75, 3.05) is 40.1 Å². The van der Waals surface area contributed by atoms with Crippen molar-refractivity contribution in [1.82, 2.24) is 9.80 Å². The quantitative estimate of drug-likeness (QED) is 0.384. The van der Waals surface area contributed by atoms with Gasteiger partial charge in [0, 0.05) is 25.6 Å². The maximum Gasteiger partial charge on any atom is 0.506 e. The molecule has 9 heteroatoms. The lowest BCUT2D eigenvalue weighted by molar-refractivity contribution is -0.133. The van der Waals surface area contributed by atoms with Gasteiger partial charge in [-0.2, -0.15) is 0 Å². The Kier molecular flexibility index (Phi) is 9.33. The lowest BCUT2D eigenvalue weighted by atomic mass is 9.90. The van der Waals surface area contributed by atoms with Crippen LogP contribution in [-0.2, 0) is 9.53 Å². The molecule has 1 unspecified atom stereocenters. The number of amides is 1. The molecule has 2 aromatic rings. The minimum Gasteiger partial charge on any atom is -0.497 e. The van der Waals surface area contributed by atoms with Crippen molar-refractivity contribution in [3.63, 3.8) is 0 Å². The van der Waals surface area contributed by atoms with Gasteiger partial charge in [0.2, 0.25) is 12.7 Å². The van der Waals surface area contributed by atoms with Crippen LogP contribution in [-0.4, -0.2) is 73.2 Å². The molecule has 2 aliphatic rings. The van der Waals surface area contributed by atoms with Gasteiger partial charge in [0.15, 0.2) is 11.5 Å². The van der Waals surface area contributed by atoms with Crippen molar-refractivity contribution in [2.24, 2.45) is 0 Å². The van der Waals surface area contributed by atoms with Crippen LogP contribution in [0.1, 0.15) is 62.6 Å². The van der Waals surface area contributed by atoms with Crippen molar-refractivity contribution < 1.29 is 33.6 Å². The Morgan fingerprint density at radius 3 is 2.29 bits per heavy atom. The second-order valence-corrected chi connectivity index (χ2v) is 9.80. The standard InChI is InChI=1S/C29H38N2O7/c1-4-6-14-30(15-7-5-2)26(32)18-31-17-23(21-10-13-24-25(16-21)37-19-36-24)28(38-29(33)34)27(31)20-8-11-22(35-3)12-9-20/h8-13,16,23,27-28H,4-7,14-15,17-19H2,1-3H3,(H,33,34)/t23?,27-,28+/m1/s1. The zero-order chi connectivity index (χ0) is 27.1. The van der Waals surface area contributed by atoms with Crippen molar-refractivity contribution in [3.05, 3.63) is 53.6 Å². The monoisotopic (exact) mass is 526 g/mol. The van der Waals surface area contributed by atoms with Crippen molar-refractivity contribution in [2.45, 2.75) is 57.6 Å². The average molecular weight is 527 g/mol. The first-order chi connectivity index (χ1) is 18.4. The smallest absolute Gasteiger partial charge is 0.497 e. The summed E-state index contributed by atoms with van der Waals surface area (Å²) in [5, 5.41) is 9.71. The number of nitrogens with zero attached hydrogens (tertiary/aromatic N) is 2. The molecule has 1 fully saturated rings. The number of likely N-dealkylation sites (tertiary alicyclic amines) is 1. The zero-order valence-corrected chi connectivity index (χ0v) is 22.4. The second kappa shape index (κ2) is 12.9. The maximum atomic E-state index is 13.6. The molecule has 1 N–H and O–H groups in total. The fraction of sp³-hybridized carbons (Fsp3) is 0.517. The molecular weight excluding hydrogens is 488 g/mol. The topological polar surface area (TPSA) is 97.8 Å².